The van der Waals surface area contributed by atoms with E-state index in [9.17, 15) is 13.7 Å². The van der Waals surface area contributed by atoms with Crippen molar-refractivity contribution < 1.29 is 18.4 Å². The van der Waals surface area contributed by atoms with Crippen molar-refractivity contribution in [1.82, 2.24) is 0 Å². The lowest BCUT2D eigenvalue weighted by Gasteiger charge is -2.10. The molecule has 3 nitrogen and oxygen atoms in total. The first-order valence-corrected chi connectivity index (χ1v) is 13.8. The maximum atomic E-state index is 12.7. The van der Waals surface area contributed by atoms with Gasteiger partial charge in [0.25, 0.3) is 0 Å². The van der Waals surface area contributed by atoms with Gasteiger partial charge in [0.2, 0.25) is 0 Å². The van der Waals surface area contributed by atoms with Gasteiger partial charge >= 0.3 is 0 Å². The van der Waals surface area contributed by atoms with Gasteiger partial charge < -0.3 is 9.84 Å². The van der Waals surface area contributed by atoms with Crippen LogP contribution in [0, 0.1) is 5.92 Å². The van der Waals surface area contributed by atoms with E-state index in [0.29, 0.717) is 28.5 Å². The van der Waals surface area contributed by atoms with E-state index in [2.05, 4.69) is 0 Å². The number of halogens is 1. The number of hydrogen-bond acceptors (Lipinski definition) is 3. The molecule has 0 spiro atoms. The molecule has 1 heterocycles. The van der Waals surface area contributed by atoms with Gasteiger partial charge in [-0.1, -0.05) is 68.1 Å². The van der Waals surface area contributed by atoms with Crippen LogP contribution in [0.3, 0.4) is 0 Å². The van der Waals surface area contributed by atoms with Crippen LogP contribution in [0.2, 0.25) is 0 Å². The number of aromatic hydroxyl groups is 1. The maximum Gasteiger partial charge on any atom is 0.127 e. The molecule has 0 saturated heterocycles. The molecule has 1 fully saturated rings. The maximum absolute atomic E-state index is 12.7. The van der Waals surface area contributed by atoms with Gasteiger partial charge in [0.05, 0.1) is 22.4 Å². The van der Waals surface area contributed by atoms with E-state index >= 15 is 0 Å². The van der Waals surface area contributed by atoms with E-state index in [4.69, 9.17) is 12.6 Å². The van der Waals surface area contributed by atoms with E-state index < -0.39 is 10.8 Å². The molecule has 3 aromatic carbocycles. The summed E-state index contributed by atoms with van der Waals surface area (Å²) in [7, 11) is 4.77. The molecule has 0 aromatic heterocycles. The fraction of sp³-hybridized carbons (Fsp3) is 0.333. The average Bonchev–Trinajstić information content (AvgIpc) is 3.51. The third-order valence-corrected chi connectivity index (χ3v) is 8.14. The molecule has 0 bridgehead atoms. The van der Waals surface area contributed by atoms with Crippen LogP contribution in [0.25, 0.3) is 5.57 Å². The van der Waals surface area contributed by atoms with Crippen LogP contribution in [0.4, 0.5) is 4.39 Å². The molecule has 1 saturated carbocycles. The Morgan fingerprint density at radius 1 is 0.972 bits per heavy atom. The second kappa shape index (κ2) is 12.9. The summed E-state index contributed by atoms with van der Waals surface area (Å²) in [4.78, 5) is 1.07. The zero-order valence-corrected chi connectivity index (χ0v) is 21.3. The first-order valence-electron chi connectivity index (χ1n) is 12.6. The number of alkyl halides is 1. The predicted molar refractivity (Wildman–Crippen MR) is 145 cm³/mol. The molecule has 0 amide bonds. The Balaban J connectivity index is 0.000000286. The summed E-state index contributed by atoms with van der Waals surface area (Å²) in [6.45, 7) is 0.339. The van der Waals surface area contributed by atoms with Crippen LogP contribution >= 0.6 is 0 Å². The summed E-state index contributed by atoms with van der Waals surface area (Å²) in [5.74, 6) is 1.77. The number of phenols is 1. The highest BCUT2D eigenvalue weighted by Gasteiger charge is 2.25. The van der Waals surface area contributed by atoms with Gasteiger partial charge in [-0.25, -0.2) is 0 Å². The van der Waals surface area contributed by atoms with E-state index in [0.717, 1.165) is 41.0 Å². The quantitative estimate of drug-likeness (QED) is 0.334. The predicted octanol–water partition coefficient (Wildman–Crippen LogP) is 7.10. The van der Waals surface area contributed by atoms with Crippen molar-refractivity contribution in [2.75, 3.05) is 6.67 Å². The van der Waals surface area contributed by atoms with E-state index in [1.165, 1.54) is 25.7 Å². The van der Waals surface area contributed by atoms with Gasteiger partial charge in [-0.3, -0.25) is 8.60 Å². The molecular weight excluding hydrogens is 470 g/mol. The van der Waals surface area contributed by atoms with Gasteiger partial charge in [0.15, 0.2) is 0 Å². The molecule has 1 atom stereocenters. The van der Waals surface area contributed by atoms with Crippen LogP contribution in [0.1, 0.15) is 55.2 Å². The zero-order chi connectivity index (χ0) is 25.3. The van der Waals surface area contributed by atoms with Gasteiger partial charge in [-0.15, -0.1) is 0 Å². The fourth-order valence-corrected chi connectivity index (χ4v) is 6.02. The third kappa shape index (κ3) is 6.88. The molecule has 1 aliphatic carbocycles. The van der Waals surface area contributed by atoms with Crippen molar-refractivity contribution >= 4 is 24.2 Å². The fourth-order valence-electron chi connectivity index (χ4n) is 4.76. The van der Waals surface area contributed by atoms with E-state index in [-0.39, 0.29) is 12.4 Å². The molecule has 3 aromatic rings. The number of benzene rings is 3. The molecule has 186 valence electrons. The van der Waals surface area contributed by atoms with Gasteiger partial charge in [0.1, 0.15) is 26.0 Å². The summed E-state index contributed by atoms with van der Waals surface area (Å²) in [6.07, 6.45) is 7.99. The van der Waals surface area contributed by atoms with Gasteiger partial charge in [0, 0.05) is 0 Å². The van der Waals surface area contributed by atoms with Crippen LogP contribution < -0.4 is 4.74 Å². The number of hydrogen-bond donors (Lipinski definition) is 1. The first-order chi connectivity index (χ1) is 17.5. The third-order valence-electron chi connectivity index (χ3n) is 6.76. The van der Waals surface area contributed by atoms with Crippen LogP contribution in [0.15, 0.2) is 82.5 Å². The standard InChI is InChI=1S/C22H17BO3S.C8H15F/c23-22-20(12-15-6-8-17(24)9-7-15)19-11-10-18(13-21(19)27(22)25)26-14-16-4-2-1-3-5-16;9-7-3-6-8-4-1-2-5-8/h1-11,13,24H,12,14H2;8H,1-7H2. The summed E-state index contributed by atoms with van der Waals surface area (Å²) in [6, 6.07) is 22.5. The lowest BCUT2D eigenvalue weighted by Crippen LogP contribution is -1.97. The van der Waals surface area contributed by atoms with Crippen molar-refractivity contribution in [3.63, 3.8) is 0 Å². The first kappa shape index (κ1) is 26.2. The minimum Gasteiger partial charge on any atom is -0.508 e. The van der Waals surface area contributed by atoms with Crippen molar-refractivity contribution in [3.8, 4) is 11.5 Å². The highest BCUT2D eigenvalue weighted by molar-refractivity contribution is 7.91. The number of phenolic OH excluding ortho intramolecular Hbond substituents is 1. The highest BCUT2D eigenvalue weighted by Crippen LogP contribution is 2.39. The number of ether oxygens (including phenoxy) is 1. The summed E-state index contributed by atoms with van der Waals surface area (Å²) in [5, 5.41) is 9.43. The number of rotatable bonds is 8. The zero-order valence-electron chi connectivity index (χ0n) is 20.5. The van der Waals surface area contributed by atoms with Crippen molar-refractivity contribution in [2.24, 2.45) is 5.92 Å². The normalized spacial score (nSPS) is 17.0. The number of allylic oxidation sites excluding steroid dienone is 1. The largest absolute Gasteiger partial charge is 0.508 e. The summed E-state index contributed by atoms with van der Waals surface area (Å²) in [5.41, 5.74) is 3.83. The molecule has 2 radical (unpaired) electrons. The molecule has 6 heteroatoms. The van der Waals surface area contributed by atoms with Crippen LogP contribution in [-0.2, 0) is 23.8 Å². The smallest absolute Gasteiger partial charge is 0.127 e. The highest BCUT2D eigenvalue weighted by atomic mass is 32.2. The molecule has 5 rings (SSSR count). The topological polar surface area (TPSA) is 46.5 Å². The second-order valence-corrected chi connectivity index (χ2v) is 10.8. The van der Waals surface area contributed by atoms with Gasteiger partial charge in [-0.2, -0.15) is 0 Å². The second-order valence-electron chi connectivity index (χ2n) is 9.37. The Kier molecular flexibility index (Phi) is 9.40. The SMILES string of the molecule is FCCCC1CCCC1.[B]C1=C(Cc2ccc(O)cc2)c2ccc(OCc3ccccc3)cc2S1=O. The monoisotopic (exact) mass is 502 g/mol. The lowest BCUT2D eigenvalue weighted by molar-refractivity contribution is 0.305. The van der Waals surface area contributed by atoms with E-state index in [1.807, 2.05) is 60.7 Å². The number of fused-ring (bicyclic) bond motifs is 1. The minimum atomic E-state index is -1.38. The Labute approximate surface area is 217 Å². The Morgan fingerprint density at radius 3 is 2.39 bits per heavy atom. The Hall–Kier alpha value is -2.86. The molecule has 1 unspecified atom stereocenters. The summed E-state index contributed by atoms with van der Waals surface area (Å²) < 4.78 is 30.2. The Bertz CT molecular complexity index is 1190. The molecule has 2 aliphatic rings. The van der Waals surface area contributed by atoms with Gasteiger partial charge in [-0.05, 0) is 82.6 Å². The Morgan fingerprint density at radius 2 is 1.69 bits per heavy atom. The van der Waals surface area contributed by atoms with Crippen molar-refractivity contribution in [2.45, 2.75) is 56.4 Å². The van der Waals surface area contributed by atoms with E-state index in [1.54, 1.807) is 12.1 Å². The van der Waals surface area contributed by atoms with Crippen molar-refractivity contribution in [3.05, 3.63) is 94.3 Å². The molecule has 1 aliphatic heterocycles. The molecular formula is C30H32BFO3S. The van der Waals surface area contributed by atoms with Crippen molar-refractivity contribution in [1.29, 1.82) is 0 Å². The summed E-state index contributed by atoms with van der Waals surface area (Å²) >= 11 is 0. The minimum absolute atomic E-state index is 0.115. The molecule has 1 N–H and O–H groups in total. The lowest BCUT2D eigenvalue weighted by atomic mass is 9.92. The van der Waals surface area contributed by atoms with Crippen LogP contribution in [-0.4, -0.2) is 23.8 Å². The average molecular weight is 502 g/mol. The molecule has 36 heavy (non-hydrogen) atoms. The van der Waals surface area contributed by atoms with Crippen LogP contribution in [0.5, 0.6) is 11.5 Å².